The van der Waals surface area contributed by atoms with Crippen molar-refractivity contribution in [1.82, 2.24) is 0 Å². The van der Waals surface area contributed by atoms with Crippen molar-refractivity contribution < 1.29 is 0 Å². The number of hydrogen-bond donors (Lipinski definition) is 0. The zero-order valence-corrected chi connectivity index (χ0v) is 8.11. The van der Waals surface area contributed by atoms with Gasteiger partial charge in [0.1, 0.15) is 0 Å². The Morgan fingerprint density at radius 1 is 1.50 bits per heavy atom. The Morgan fingerprint density at radius 3 is 1.88 bits per heavy atom. The Balaban J connectivity index is 4.03. The highest BCUT2D eigenvalue weighted by molar-refractivity contribution is 14.1. The lowest BCUT2D eigenvalue weighted by atomic mass is 10.1. The van der Waals surface area contributed by atoms with Crippen molar-refractivity contribution in [2.45, 2.75) is 31.1 Å². The summed E-state index contributed by atoms with van der Waals surface area (Å²) in [5.74, 6) is 0. The number of rotatable bonds is 1. The van der Waals surface area contributed by atoms with Gasteiger partial charge in [-0.2, -0.15) is 0 Å². The Kier molecular flexibility index (Phi) is 3.02. The summed E-state index contributed by atoms with van der Waals surface area (Å²) in [6, 6.07) is 0. The maximum atomic E-state index is 2.43. The minimum absolute atomic E-state index is 0.340. The van der Waals surface area contributed by atoms with Crippen molar-refractivity contribution in [3.8, 4) is 0 Å². The Hall–Kier alpha value is 0.470. The summed E-state index contributed by atoms with van der Waals surface area (Å²) in [4.78, 5) is 0. The summed E-state index contributed by atoms with van der Waals surface area (Å²) in [6.45, 7) is 8.66. The molecule has 0 heterocycles. The van der Waals surface area contributed by atoms with Crippen LogP contribution in [0.25, 0.3) is 0 Å². The highest BCUT2D eigenvalue weighted by atomic mass is 127. The van der Waals surface area contributed by atoms with Crippen LogP contribution in [0.15, 0.2) is 11.6 Å². The SMILES string of the molecule is C/C=C(/C)C(C)(C)I. The van der Waals surface area contributed by atoms with Crippen LogP contribution in [0, 0.1) is 0 Å². The fourth-order valence-corrected chi connectivity index (χ4v) is 0.655. The average molecular weight is 224 g/mol. The number of halogens is 1. The van der Waals surface area contributed by atoms with Gasteiger partial charge < -0.3 is 0 Å². The standard InChI is InChI=1S/C7H13I/c1-5-6(2)7(3,4)8/h5H,1-4H3/b6-5-. The van der Waals surface area contributed by atoms with Gasteiger partial charge in [-0.3, -0.25) is 0 Å². The first kappa shape index (κ1) is 8.47. The number of alkyl halides is 1. The van der Waals surface area contributed by atoms with E-state index in [0.717, 1.165) is 0 Å². The Labute approximate surface area is 65.5 Å². The van der Waals surface area contributed by atoms with E-state index >= 15 is 0 Å². The maximum absolute atomic E-state index is 2.43. The molecule has 0 unspecified atom stereocenters. The molecule has 0 rings (SSSR count). The second kappa shape index (κ2) is 2.85. The predicted molar refractivity (Wildman–Crippen MR) is 47.5 cm³/mol. The van der Waals surface area contributed by atoms with Crippen molar-refractivity contribution in [3.63, 3.8) is 0 Å². The summed E-state index contributed by atoms with van der Waals surface area (Å²) in [5.41, 5.74) is 1.44. The second-order valence-corrected chi connectivity index (χ2v) is 5.14. The van der Waals surface area contributed by atoms with Gasteiger partial charge in [0.25, 0.3) is 0 Å². The molecule has 0 saturated carbocycles. The van der Waals surface area contributed by atoms with Gasteiger partial charge in [0.2, 0.25) is 0 Å². The third-order valence-electron chi connectivity index (χ3n) is 1.37. The Morgan fingerprint density at radius 2 is 1.88 bits per heavy atom. The van der Waals surface area contributed by atoms with Gasteiger partial charge in [-0.15, -0.1) is 0 Å². The molecule has 0 aromatic heterocycles. The number of hydrogen-bond acceptors (Lipinski definition) is 0. The van der Waals surface area contributed by atoms with Crippen LogP contribution < -0.4 is 0 Å². The van der Waals surface area contributed by atoms with E-state index in [1.54, 1.807) is 0 Å². The third kappa shape index (κ3) is 2.70. The van der Waals surface area contributed by atoms with Gasteiger partial charge >= 0.3 is 0 Å². The molecular weight excluding hydrogens is 211 g/mol. The van der Waals surface area contributed by atoms with Crippen molar-refractivity contribution in [1.29, 1.82) is 0 Å². The highest BCUT2D eigenvalue weighted by Gasteiger charge is 2.12. The van der Waals surface area contributed by atoms with Gasteiger partial charge in [0, 0.05) is 3.42 Å². The van der Waals surface area contributed by atoms with Crippen molar-refractivity contribution in [2.24, 2.45) is 0 Å². The lowest BCUT2D eigenvalue weighted by molar-refractivity contribution is 0.871. The van der Waals surface area contributed by atoms with Crippen molar-refractivity contribution in [2.75, 3.05) is 0 Å². The molecule has 0 atom stereocenters. The van der Waals surface area contributed by atoms with E-state index in [0.29, 0.717) is 3.42 Å². The lowest BCUT2D eigenvalue weighted by Crippen LogP contribution is -2.09. The average Bonchev–Trinajstić information content (AvgIpc) is 1.62. The van der Waals surface area contributed by atoms with Crippen molar-refractivity contribution in [3.05, 3.63) is 11.6 Å². The first-order valence-corrected chi connectivity index (χ1v) is 3.88. The molecule has 0 amide bonds. The summed E-state index contributed by atoms with van der Waals surface area (Å²) in [5, 5.41) is 0. The molecule has 0 aliphatic heterocycles. The monoisotopic (exact) mass is 224 g/mol. The number of allylic oxidation sites excluding steroid dienone is 2. The first-order valence-electron chi connectivity index (χ1n) is 2.81. The van der Waals surface area contributed by atoms with Gasteiger partial charge in [0.15, 0.2) is 0 Å². The van der Waals surface area contributed by atoms with E-state index < -0.39 is 0 Å². The van der Waals surface area contributed by atoms with E-state index in [9.17, 15) is 0 Å². The molecule has 0 nitrogen and oxygen atoms in total. The topological polar surface area (TPSA) is 0 Å². The van der Waals surface area contributed by atoms with Crippen LogP contribution in [0.4, 0.5) is 0 Å². The first-order chi connectivity index (χ1) is 3.48. The largest absolute Gasteiger partial charge is 0.0874 e. The molecule has 0 aliphatic rings. The molecule has 0 saturated heterocycles. The van der Waals surface area contributed by atoms with Gasteiger partial charge in [-0.05, 0) is 27.7 Å². The van der Waals surface area contributed by atoms with Gasteiger partial charge in [-0.25, -0.2) is 0 Å². The molecule has 0 N–H and O–H groups in total. The van der Waals surface area contributed by atoms with Crippen LogP contribution in [-0.2, 0) is 0 Å². The Bertz CT molecular complexity index is 95.4. The quantitative estimate of drug-likeness (QED) is 0.364. The summed E-state index contributed by atoms with van der Waals surface area (Å²) in [7, 11) is 0. The van der Waals surface area contributed by atoms with Crippen LogP contribution >= 0.6 is 22.6 Å². The summed E-state index contributed by atoms with van der Waals surface area (Å²) >= 11 is 2.43. The summed E-state index contributed by atoms with van der Waals surface area (Å²) < 4.78 is 0.340. The van der Waals surface area contributed by atoms with E-state index in [1.807, 2.05) is 0 Å². The predicted octanol–water partition coefficient (Wildman–Crippen LogP) is 3.17. The molecule has 48 valence electrons. The second-order valence-electron chi connectivity index (χ2n) is 2.44. The van der Waals surface area contributed by atoms with E-state index in [-0.39, 0.29) is 0 Å². The fourth-order valence-electron chi connectivity index (χ4n) is 0.343. The zero-order valence-electron chi connectivity index (χ0n) is 5.96. The van der Waals surface area contributed by atoms with Crippen LogP contribution in [0.5, 0.6) is 0 Å². The molecule has 0 aromatic carbocycles. The lowest BCUT2D eigenvalue weighted by Gasteiger charge is -2.15. The molecule has 0 radical (unpaired) electrons. The van der Waals surface area contributed by atoms with Crippen LogP contribution in [-0.4, -0.2) is 3.42 Å². The molecule has 0 aromatic rings. The molecule has 0 fully saturated rings. The third-order valence-corrected chi connectivity index (χ3v) is 2.22. The van der Waals surface area contributed by atoms with Crippen LogP contribution in [0.3, 0.4) is 0 Å². The molecule has 0 aliphatic carbocycles. The molecule has 0 spiro atoms. The molecule has 0 bridgehead atoms. The van der Waals surface area contributed by atoms with Crippen LogP contribution in [0.2, 0.25) is 0 Å². The normalized spacial score (nSPS) is 14.4. The molecule has 1 heteroatoms. The van der Waals surface area contributed by atoms with E-state index in [4.69, 9.17) is 0 Å². The minimum atomic E-state index is 0.340. The molecular formula is C7H13I. The van der Waals surface area contributed by atoms with Gasteiger partial charge in [-0.1, -0.05) is 34.2 Å². The van der Waals surface area contributed by atoms with E-state index in [1.165, 1.54) is 5.57 Å². The highest BCUT2D eigenvalue weighted by Crippen LogP contribution is 2.25. The van der Waals surface area contributed by atoms with Gasteiger partial charge in [0.05, 0.1) is 0 Å². The van der Waals surface area contributed by atoms with Crippen LogP contribution in [0.1, 0.15) is 27.7 Å². The summed E-state index contributed by atoms with van der Waals surface area (Å²) in [6.07, 6.45) is 2.16. The molecule has 8 heavy (non-hydrogen) atoms. The smallest absolute Gasteiger partial charge is 0.0371 e. The fraction of sp³-hybridized carbons (Fsp3) is 0.714. The van der Waals surface area contributed by atoms with Crippen molar-refractivity contribution >= 4 is 22.6 Å². The van der Waals surface area contributed by atoms with E-state index in [2.05, 4.69) is 56.4 Å². The minimum Gasteiger partial charge on any atom is -0.0874 e. The maximum Gasteiger partial charge on any atom is 0.0371 e. The zero-order chi connectivity index (χ0) is 6.78.